The maximum Gasteiger partial charge on any atom is 0.0814 e. The van der Waals surface area contributed by atoms with Crippen LogP contribution in [0.2, 0.25) is 5.02 Å². The van der Waals surface area contributed by atoms with Crippen molar-refractivity contribution in [1.82, 2.24) is 9.78 Å². The Morgan fingerprint density at radius 1 is 1.58 bits per heavy atom. The van der Waals surface area contributed by atoms with Crippen LogP contribution in [0.25, 0.3) is 0 Å². The Hall–Kier alpha value is 0.0400. The first-order chi connectivity index (χ1) is 4.75. The first-order valence-corrected chi connectivity index (χ1v) is 3.51. The third-order valence-corrected chi connectivity index (χ3v) is 1.76. The Morgan fingerprint density at radius 2 is 2.17 bits per heavy atom. The van der Waals surface area contributed by atoms with Crippen LogP contribution in [-0.4, -0.2) is 16.3 Å². The molecule has 0 unspecified atom stereocenters. The number of halogens is 3. The molecule has 3 nitrogen and oxygen atoms in total. The van der Waals surface area contributed by atoms with E-state index >= 15 is 0 Å². The van der Waals surface area contributed by atoms with Gasteiger partial charge in [-0.3, -0.25) is 4.68 Å². The Balaban J connectivity index is 0. The van der Waals surface area contributed by atoms with Crippen molar-refractivity contribution < 1.29 is 0 Å². The summed E-state index contributed by atoms with van der Waals surface area (Å²) in [4.78, 5) is 0. The summed E-state index contributed by atoms with van der Waals surface area (Å²) >= 11 is 5.74. The molecule has 0 aromatic carbocycles. The summed E-state index contributed by atoms with van der Waals surface area (Å²) in [5, 5.41) is 4.71. The standard InChI is InChI=1S/C6H10ClN3.2ClH/c1-5-6(7)4-9-10(5)3-2-8;;/h4H,2-3,8H2,1H3;2*1H. The minimum atomic E-state index is 0. The second-order valence-corrected chi connectivity index (χ2v) is 2.50. The second-order valence-electron chi connectivity index (χ2n) is 2.09. The molecular formula is C6H12Cl3N3. The molecule has 0 spiro atoms. The van der Waals surface area contributed by atoms with Crippen molar-refractivity contribution in [3.05, 3.63) is 16.9 Å². The Bertz CT molecular complexity index is 224. The average molecular weight is 233 g/mol. The van der Waals surface area contributed by atoms with Gasteiger partial charge in [-0.1, -0.05) is 11.6 Å². The molecule has 2 N–H and O–H groups in total. The van der Waals surface area contributed by atoms with Crippen molar-refractivity contribution >= 4 is 36.4 Å². The molecular weight excluding hydrogens is 220 g/mol. The number of nitrogens with zero attached hydrogens (tertiary/aromatic N) is 2. The third kappa shape index (κ3) is 3.19. The van der Waals surface area contributed by atoms with Gasteiger partial charge in [0.05, 0.1) is 23.5 Å². The van der Waals surface area contributed by atoms with E-state index in [4.69, 9.17) is 17.3 Å². The number of rotatable bonds is 2. The van der Waals surface area contributed by atoms with E-state index in [1.165, 1.54) is 0 Å². The maximum atomic E-state index is 5.74. The molecule has 0 atom stereocenters. The first kappa shape index (κ1) is 14.6. The zero-order valence-corrected chi connectivity index (χ0v) is 9.05. The molecule has 1 aromatic rings. The lowest BCUT2D eigenvalue weighted by Gasteiger charge is -1.99. The van der Waals surface area contributed by atoms with Gasteiger partial charge in [-0.25, -0.2) is 0 Å². The highest BCUT2D eigenvalue weighted by Crippen LogP contribution is 2.12. The van der Waals surface area contributed by atoms with Gasteiger partial charge in [-0.15, -0.1) is 24.8 Å². The molecule has 1 aromatic heterocycles. The van der Waals surface area contributed by atoms with E-state index in [0.29, 0.717) is 11.6 Å². The minimum absolute atomic E-state index is 0. The summed E-state index contributed by atoms with van der Waals surface area (Å²) in [5.74, 6) is 0. The van der Waals surface area contributed by atoms with Crippen molar-refractivity contribution in [2.24, 2.45) is 5.73 Å². The molecule has 1 heterocycles. The van der Waals surface area contributed by atoms with Crippen LogP contribution >= 0.6 is 36.4 Å². The molecule has 1 rings (SSSR count). The predicted molar refractivity (Wildman–Crippen MR) is 55.5 cm³/mol. The quantitative estimate of drug-likeness (QED) is 0.843. The van der Waals surface area contributed by atoms with E-state index < -0.39 is 0 Å². The lowest BCUT2D eigenvalue weighted by molar-refractivity contribution is 0.608. The molecule has 6 heteroatoms. The molecule has 0 amide bonds. The van der Waals surface area contributed by atoms with Crippen LogP contribution in [0, 0.1) is 6.92 Å². The molecule has 0 aliphatic carbocycles. The summed E-state index contributed by atoms with van der Waals surface area (Å²) in [6.45, 7) is 3.25. The second kappa shape index (κ2) is 6.54. The summed E-state index contributed by atoms with van der Waals surface area (Å²) in [5.41, 5.74) is 6.31. The van der Waals surface area contributed by atoms with Crippen LogP contribution in [0.1, 0.15) is 5.69 Å². The molecule has 0 bridgehead atoms. The van der Waals surface area contributed by atoms with Crippen LogP contribution in [0.15, 0.2) is 6.20 Å². The lowest BCUT2D eigenvalue weighted by Crippen LogP contribution is -2.11. The zero-order valence-electron chi connectivity index (χ0n) is 6.66. The molecule has 0 fully saturated rings. The van der Waals surface area contributed by atoms with Crippen molar-refractivity contribution in [3.8, 4) is 0 Å². The van der Waals surface area contributed by atoms with E-state index in [-0.39, 0.29) is 24.8 Å². The fourth-order valence-electron chi connectivity index (χ4n) is 0.771. The van der Waals surface area contributed by atoms with E-state index in [1.54, 1.807) is 10.9 Å². The van der Waals surface area contributed by atoms with Gasteiger partial charge in [-0.05, 0) is 6.92 Å². The number of nitrogens with two attached hydrogens (primary N) is 1. The number of hydrogen-bond donors (Lipinski definition) is 1. The van der Waals surface area contributed by atoms with Gasteiger partial charge >= 0.3 is 0 Å². The molecule has 0 saturated heterocycles. The van der Waals surface area contributed by atoms with Crippen molar-refractivity contribution in [3.63, 3.8) is 0 Å². The normalized spacial score (nSPS) is 8.58. The fraction of sp³-hybridized carbons (Fsp3) is 0.500. The van der Waals surface area contributed by atoms with Crippen molar-refractivity contribution in [2.75, 3.05) is 6.54 Å². The lowest BCUT2D eigenvalue weighted by atomic mass is 10.5. The van der Waals surface area contributed by atoms with Gasteiger partial charge in [0, 0.05) is 6.54 Å². The van der Waals surface area contributed by atoms with Gasteiger partial charge in [0.25, 0.3) is 0 Å². The Morgan fingerprint density at radius 3 is 2.50 bits per heavy atom. The van der Waals surface area contributed by atoms with Crippen LogP contribution in [-0.2, 0) is 6.54 Å². The van der Waals surface area contributed by atoms with Gasteiger partial charge in [-0.2, -0.15) is 5.10 Å². The molecule has 72 valence electrons. The number of aromatic nitrogens is 2. The van der Waals surface area contributed by atoms with E-state index in [1.807, 2.05) is 6.92 Å². The summed E-state index contributed by atoms with van der Waals surface area (Å²) < 4.78 is 1.79. The highest BCUT2D eigenvalue weighted by molar-refractivity contribution is 6.31. The molecule has 12 heavy (non-hydrogen) atoms. The van der Waals surface area contributed by atoms with Crippen LogP contribution in [0.4, 0.5) is 0 Å². The Labute approximate surface area is 89.1 Å². The zero-order chi connectivity index (χ0) is 7.56. The number of hydrogen-bond acceptors (Lipinski definition) is 2. The summed E-state index contributed by atoms with van der Waals surface area (Å²) in [7, 11) is 0. The first-order valence-electron chi connectivity index (χ1n) is 3.13. The summed E-state index contributed by atoms with van der Waals surface area (Å²) in [6, 6.07) is 0. The van der Waals surface area contributed by atoms with Crippen LogP contribution < -0.4 is 5.73 Å². The predicted octanol–water partition coefficient (Wildman–Crippen LogP) is 1.65. The molecule has 0 aliphatic heterocycles. The summed E-state index contributed by atoms with van der Waals surface area (Å²) in [6.07, 6.45) is 1.63. The molecule has 0 radical (unpaired) electrons. The van der Waals surface area contributed by atoms with E-state index in [2.05, 4.69) is 5.10 Å². The van der Waals surface area contributed by atoms with Crippen molar-refractivity contribution in [1.29, 1.82) is 0 Å². The van der Waals surface area contributed by atoms with Gasteiger partial charge in [0.15, 0.2) is 0 Å². The average Bonchev–Trinajstić information content (AvgIpc) is 2.20. The smallest absolute Gasteiger partial charge is 0.0814 e. The van der Waals surface area contributed by atoms with Crippen LogP contribution in [0.3, 0.4) is 0 Å². The maximum absolute atomic E-state index is 5.74. The minimum Gasteiger partial charge on any atom is -0.329 e. The highest BCUT2D eigenvalue weighted by atomic mass is 35.5. The largest absolute Gasteiger partial charge is 0.329 e. The fourth-order valence-corrected chi connectivity index (χ4v) is 0.913. The Kier molecular flexibility index (Phi) is 7.94. The van der Waals surface area contributed by atoms with E-state index in [0.717, 1.165) is 12.2 Å². The molecule has 0 aliphatic rings. The van der Waals surface area contributed by atoms with Crippen LogP contribution in [0.5, 0.6) is 0 Å². The molecule has 0 saturated carbocycles. The monoisotopic (exact) mass is 231 g/mol. The SMILES string of the molecule is Cc1c(Cl)cnn1CCN.Cl.Cl. The van der Waals surface area contributed by atoms with Gasteiger partial charge in [0.1, 0.15) is 0 Å². The van der Waals surface area contributed by atoms with Crippen molar-refractivity contribution in [2.45, 2.75) is 13.5 Å². The topological polar surface area (TPSA) is 43.8 Å². The van der Waals surface area contributed by atoms with Gasteiger partial charge in [0.2, 0.25) is 0 Å². The third-order valence-electron chi connectivity index (χ3n) is 1.38. The highest BCUT2D eigenvalue weighted by Gasteiger charge is 2.00. The van der Waals surface area contributed by atoms with E-state index in [9.17, 15) is 0 Å². The van der Waals surface area contributed by atoms with Gasteiger partial charge < -0.3 is 5.73 Å².